The fourth-order valence-corrected chi connectivity index (χ4v) is 3.00. The van der Waals surface area contributed by atoms with Gasteiger partial charge in [-0.2, -0.15) is 0 Å². The first-order valence-corrected chi connectivity index (χ1v) is 11.7. The molecule has 0 aliphatic rings. The first-order valence-electron chi connectivity index (χ1n) is 9.88. The van der Waals surface area contributed by atoms with Gasteiger partial charge in [-0.15, -0.1) is 0 Å². The van der Waals surface area contributed by atoms with Gasteiger partial charge in [0.15, 0.2) is 0 Å². The summed E-state index contributed by atoms with van der Waals surface area (Å²) in [5.74, 6) is 5.19. The molecule has 1 aromatic rings. The van der Waals surface area contributed by atoms with E-state index in [9.17, 15) is 18.9 Å². The van der Waals surface area contributed by atoms with Gasteiger partial charge >= 0.3 is 13.3 Å². The highest BCUT2D eigenvalue weighted by atomic mass is 31.2. The standard InChI is InChI=1S/C19H30N3O7P/c1-3-4-5-6-7-10-17(23)20-11-8-9-16-13-22(19(25)21-18(16)24)12-15(2)29-14-30(26,27)28/h13,15H,3-7,10-12,14H2,1-2H3,(H,20,23)(H,21,24,25)(H2,26,27,28)/t15-/m1/s1. The van der Waals surface area contributed by atoms with E-state index in [1.54, 1.807) is 0 Å². The molecule has 1 rings (SSSR count). The second-order valence-corrected chi connectivity index (χ2v) is 8.56. The number of nitrogens with one attached hydrogen (secondary N) is 2. The van der Waals surface area contributed by atoms with Crippen molar-refractivity contribution in [3.63, 3.8) is 0 Å². The minimum absolute atomic E-state index is 0.0287. The predicted octanol–water partition coefficient (Wildman–Crippen LogP) is 0.905. The number of nitrogens with zero attached hydrogens (tertiary/aromatic N) is 1. The van der Waals surface area contributed by atoms with Crippen molar-refractivity contribution in [1.29, 1.82) is 0 Å². The van der Waals surface area contributed by atoms with Gasteiger partial charge in [-0.1, -0.05) is 44.4 Å². The lowest BCUT2D eigenvalue weighted by atomic mass is 10.1. The topological polar surface area (TPSA) is 151 Å². The van der Waals surface area contributed by atoms with Gasteiger partial charge in [0.2, 0.25) is 5.91 Å². The van der Waals surface area contributed by atoms with Gasteiger partial charge in [-0.25, -0.2) is 4.79 Å². The Morgan fingerprint density at radius 2 is 2.00 bits per heavy atom. The van der Waals surface area contributed by atoms with E-state index in [1.807, 2.05) is 0 Å². The Balaban J connectivity index is 2.60. The lowest BCUT2D eigenvalue weighted by Gasteiger charge is -2.15. The fraction of sp³-hybridized carbons (Fsp3) is 0.632. The molecule has 0 aromatic carbocycles. The molecule has 1 atom stereocenters. The Labute approximate surface area is 175 Å². The summed E-state index contributed by atoms with van der Waals surface area (Å²) >= 11 is 0. The summed E-state index contributed by atoms with van der Waals surface area (Å²) < 4.78 is 17.0. The van der Waals surface area contributed by atoms with Gasteiger partial charge in [0.25, 0.3) is 5.56 Å². The van der Waals surface area contributed by atoms with Crippen LogP contribution in [0.25, 0.3) is 0 Å². The van der Waals surface area contributed by atoms with Crippen molar-refractivity contribution in [2.45, 2.75) is 65.0 Å². The summed E-state index contributed by atoms with van der Waals surface area (Å²) in [6.45, 7) is 3.72. The van der Waals surface area contributed by atoms with Crippen LogP contribution in [0, 0.1) is 11.8 Å². The zero-order chi connectivity index (χ0) is 22.6. The van der Waals surface area contributed by atoms with Gasteiger partial charge in [0, 0.05) is 12.6 Å². The van der Waals surface area contributed by atoms with Crippen LogP contribution in [0.2, 0.25) is 0 Å². The number of hydrogen-bond acceptors (Lipinski definition) is 5. The molecule has 10 nitrogen and oxygen atoms in total. The van der Waals surface area contributed by atoms with Crippen molar-refractivity contribution < 1.29 is 23.9 Å². The summed E-state index contributed by atoms with van der Waals surface area (Å²) in [5.41, 5.74) is -1.31. The molecule has 1 aromatic heterocycles. The Bertz CT molecular complexity index is 907. The maximum Gasteiger partial charge on any atom is 0.350 e. The molecule has 30 heavy (non-hydrogen) atoms. The summed E-state index contributed by atoms with van der Waals surface area (Å²) in [5, 5.41) is 2.67. The van der Waals surface area contributed by atoms with Crippen molar-refractivity contribution in [1.82, 2.24) is 14.9 Å². The molecule has 0 saturated carbocycles. The van der Waals surface area contributed by atoms with E-state index < -0.39 is 31.3 Å². The minimum Gasteiger partial charge on any atom is -0.364 e. The molecule has 0 aliphatic heterocycles. The molecule has 0 fully saturated rings. The molecule has 0 radical (unpaired) electrons. The minimum atomic E-state index is -4.32. The van der Waals surface area contributed by atoms with Crippen LogP contribution in [0.4, 0.5) is 0 Å². The van der Waals surface area contributed by atoms with Crippen LogP contribution in [0.5, 0.6) is 0 Å². The van der Waals surface area contributed by atoms with E-state index in [-0.39, 0.29) is 24.6 Å². The summed E-state index contributed by atoms with van der Waals surface area (Å²) in [6, 6.07) is 0. The zero-order valence-corrected chi connectivity index (χ0v) is 18.2. The lowest BCUT2D eigenvalue weighted by molar-refractivity contribution is -0.120. The monoisotopic (exact) mass is 443 g/mol. The van der Waals surface area contributed by atoms with E-state index in [2.05, 4.69) is 29.1 Å². The number of rotatable bonds is 12. The van der Waals surface area contributed by atoms with Crippen LogP contribution in [0.3, 0.4) is 0 Å². The molecular formula is C19H30N3O7P. The van der Waals surface area contributed by atoms with E-state index in [0.717, 1.165) is 30.3 Å². The second kappa shape index (κ2) is 13.2. The molecule has 0 unspecified atom stereocenters. The third kappa shape index (κ3) is 11.1. The lowest BCUT2D eigenvalue weighted by Crippen LogP contribution is -2.34. The number of carbonyl (C=O) groups is 1. The highest BCUT2D eigenvalue weighted by Gasteiger charge is 2.16. The number of aromatic amines is 1. The number of carbonyl (C=O) groups excluding carboxylic acids is 1. The quantitative estimate of drug-likeness (QED) is 0.213. The third-order valence-corrected chi connectivity index (χ3v) is 4.58. The molecule has 1 heterocycles. The van der Waals surface area contributed by atoms with Crippen LogP contribution in [-0.4, -0.2) is 44.2 Å². The van der Waals surface area contributed by atoms with E-state index in [4.69, 9.17) is 14.5 Å². The van der Waals surface area contributed by atoms with Crippen molar-refractivity contribution in [2.75, 3.05) is 12.9 Å². The van der Waals surface area contributed by atoms with Crippen molar-refractivity contribution in [3.8, 4) is 11.8 Å². The van der Waals surface area contributed by atoms with Crippen LogP contribution in [0.15, 0.2) is 15.8 Å². The van der Waals surface area contributed by atoms with Gasteiger partial charge in [-0.05, 0) is 13.3 Å². The summed E-state index contributed by atoms with van der Waals surface area (Å²) in [6.07, 6.45) is 5.50. The van der Waals surface area contributed by atoms with E-state index in [1.165, 1.54) is 19.5 Å². The summed E-state index contributed by atoms with van der Waals surface area (Å²) in [7, 11) is -4.32. The van der Waals surface area contributed by atoms with Gasteiger partial charge in [0.1, 0.15) is 11.9 Å². The largest absolute Gasteiger partial charge is 0.364 e. The molecule has 0 aliphatic carbocycles. The van der Waals surface area contributed by atoms with Crippen LogP contribution in [0.1, 0.15) is 57.9 Å². The molecule has 0 spiro atoms. The molecule has 0 saturated heterocycles. The first-order chi connectivity index (χ1) is 14.1. The second-order valence-electron chi connectivity index (χ2n) is 6.97. The average molecular weight is 443 g/mol. The predicted molar refractivity (Wildman–Crippen MR) is 112 cm³/mol. The number of aromatic nitrogens is 2. The number of ether oxygens (including phenoxy) is 1. The molecule has 0 bridgehead atoms. The van der Waals surface area contributed by atoms with Crippen LogP contribution in [-0.2, 0) is 20.6 Å². The van der Waals surface area contributed by atoms with Gasteiger partial charge in [0.05, 0.1) is 19.2 Å². The number of amides is 1. The maximum absolute atomic E-state index is 11.9. The smallest absolute Gasteiger partial charge is 0.350 e. The Hall–Kier alpha value is -2.18. The molecule has 11 heteroatoms. The first kappa shape index (κ1) is 25.9. The van der Waals surface area contributed by atoms with Gasteiger partial charge in [-0.3, -0.25) is 23.7 Å². The van der Waals surface area contributed by atoms with Crippen molar-refractivity contribution >= 4 is 13.5 Å². The van der Waals surface area contributed by atoms with Gasteiger partial charge < -0.3 is 19.8 Å². The zero-order valence-electron chi connectivity index (χ0n) is 17.3. The Morgan fingerprint density at radius 3 is 2.67 bits per heavy atom. The number of hydrogen-bond donors (Lipinski definition) is 4. The van der Waals surface area contributed by atoms with E-state index in [0.29, 0.717) is 6.42 Å². The Morgan fingerprint density at radius 1 is 1.30 bits per heavy atom. The highest BCUT2D eigenvalue weighted by molar-refractivity contribution is 7.51. The molecule has 4 N–H and O–H groups in total. The van der Waals surface area contributed by atoms with Crippen molar-refractivity contribution in [2.24, 2.45) is 0 Å². The normalized spacial score (nSPS) is 12.1. The molecule has 1 amide bonds. The third-order valence-electron chi connectivity index (χ3n) is 4.10. The SMILES string of the molecule is CCCCCCCC(=O)NCC#Cc1cn(C[C@@H](C)OCP(=O)(O)O)c(=O)[nH]c1=O. The highest BCUT2D eigenvalue weighted by Crippen LogP contribution is 2.34. The molecule has 168 valence electrons. The molecular weight excluding hydrogens is 413 g/mol. The fourth-order valence-electron chi connectivity index (χ4n) is 2.55. The number of H-pyrrole nitrogens is 1. The van der Waals surface area contributed by atoms with Crippen LogP contribution < -0.4 is 16.6 Å². The average Bonchev–Trinajstić information content (AvgIpc) is 2.66. The summed E-state index contributed by atoms with van der Waals surface area (Å²) in [4.78, 5) is 55.3. The van der Waals surface area contributed by atoms with Crippen molar-refractivity contribution in [3.05, 3.63) is 32.6 Å². The Kier molecular flexibility index (Phi) is 11.4. The van der Waals surface area contributed by atoms with E-state index >= 15 is 0 Å². The number of unbranched alkanes of at least 4 members (excludes halogenated alkanes) is 4. The van der Waals surface area contributed by atoms with Crippen LogP contribution >= 0.6 is 7.60 Å². The maximum atomic E-state index is 11.9.